The van der Waals surface area contributed by atoms with Crippen LogP contribution in [0.5, 0.6) is 0 Å². The minimum Gasteiger partial charge on any atom is -0.358 e. The molecule has 2 heterocycles. The summed E-state index contributed by atoms with van der Waals surface area (Å²) in [5, 5.41) is 9.18. The highest BCUT2D eigenvalue weighted by Gasteiger charge is 2.13. The van der Waals surface area contributed by atoms with Gasteiger partial charge in [0, 0.05) is 29.9 Å². The predicted octanol–water partition coefficient (Wildman–Crippen LogP) is 1.67. The van der Waals surface area contributed by atoms with Crippen molar-refractivity contribution in [2.45, 2.75) is 13.1 Å². The Bertz CT molecular complexity index is 546. The van der Waals surface area contributed by atoms with Crippen LogP contribution in [0.4, 0.5) is 0 Å². The molecule has 0 radical (unpaired) electrons. The average molecular weight is 337 g/mol. The summed E-state index contributed by atoms with van der Waals surface area (Å²) in [5.74, 6) is -0.340. The highest BCUT2D eigenvalue weighted by atomic mass is 32.1. The number of carbonyl (C=O) groups excluding carboxylic acids is 2. The molecule has 22 heavy (non-hydrogen) atoms. The summed E-state index contributed by atoms with van der Waals surface area (Å²) in [6, 6.07) is 8.15. The number of likely N-dealkylation sites (N-methyl/N-ethyl adjacent to an activating group) is 1. The molecule has 0 unspecified atom stereocenters. The first-order valence-corrected chi connectivity index (χ1v) is 8.67. The number of nitrogens with one attached hydrogen (secondary N) is 2. The zero-order chi connectivity index (χ0) is 15.8. The topological polar surface area (TPSA) is 61.4 Å². The van der Waals surface area contributed by atoms with Crippen LogP contribution in [0.3, 0.4) is 0 Å². The number of rotatable bonds is 8. The Balaban J connectivity index is 1.91. The third kappa shape index (κ3) is 5.59. The van der Waals surface area contributed by atoms with Crippen molar-refractivity contribution < 1.29 is 9.59 Å². The smallest absolute Gasteiger partial charge is 0.239 e. The van der Waals surface area contributed by atoms with E-state index < -0.39 is 0 Å². The van der Waals surface area contributed by atoms with Gasteiger partial charge >= 0.3 is 0 Å². The van der Waals surface area contributed by atoms with E-state index in [0.29, 0.717) is 0 Å². The van der Waals surface area contributed by atoms with Crippen molar-refractivity contribution in [1.29, 1.82) is 0 Å². The van der Waals surface area contributed by atoms with E-state index in [1.54, 1.807) is 29.7 Å². The van der Waals surface area contributed by atoms with Crippen LogP contribution in [0, 0.1) is 0 Å². The Hall–Kier alpha value is -1.70. The second-order valence-electron chi connectivity index (χ2n) is 4.75. The van der Waals surface area contributed by atoms with E-state index in [1.807, 2.05) is 22.9 Å². The van der Waals surface area contributed by atoms with Gasteiger partial charge in [-0.2, -0.15) is 0 Å². The maximum absolute atomic E-state index is 12.0. The fourth-order valence-electron chi connectivity index (χ4n) is 1.94. The molecule has 0 aromatic carbocycles. The van der Waals surface area contributed by atoms with Crippen LogP contribution >= 0.6 is 22.7 Å². The third-order valence-electron chi connectivity index (χ3n) is 3.01. The Morgan fingerprint density at radius 3 is 2.09 bits per heavy atom. The maximum Gasteiger partial charge on any atom is 0.239 e. The summed E-state index contributed by atoms with van der Waals surface area (Å²) < 4.78 is 0. The molecule has 2 aromatic heterocycles. The molecule has 0 aliphatic heterocycles. The van der Waals surface area contributed by atoms with Crippen LogP contribution in [0.15, 0.2) is 35.0 Å². The van der Waals surface area contributed by atoms with E-state index in [-0.39, 0.29) is 24.9 Å². The lowest BCUT2D eigenvalue weighted by Gasteiger charge is -2.20. The highest BCUT2D eigenvalue weighted by Crippen LogP contribution is 2.16. The highest BCUT2D eigenvalue weighted by molar-refractivity contribution is 7.10. The summed E-state index contributed by atoms with van der Waals surface area (Å²) in [4.78, 5) is 27.7. The first-order valence-electron chi connectivity index (χ1n) is 6.92. The molecule has 2 rings (SSSR count). The lowest BCUT2D eigenvalue weighted by molar-refractivity contribution is -0.126. The van der Waals surface area contributed by atoms with Crippen LogP contribution in [0.1, 0.15) is 9.75 Å². The van der Waals surface area contributed by atoms with Gasteiger partial charge in [0.15, 0.2) is 0 Å². The van der Waals surface area contributed by atoms with Gasteiger partial charge < -0.3 is 10.6 Å². The van der Waals surface area contributed by atoms with Gasteiger partial charge in [0.1, 0.15) is 0 Å². The van der Waals surface area contributed by atoms with Gasteiger partial charge in [0.25, 0.3) is 0 Å². The monoisotopic (exact) mass is 337 g/mol. The van der Waals surface area contributed by atoms with Crippen LogP contribution in [0.2, 0.25) is 0 Å². The molecule has 118 valence electrons. The van der Waals surface area contributed by atoms with Crippen molar-refractivity contribution in [3.8, 4) is 0 Å². The van der Waals surface area contributed by atoms with Crippen molar-refractivity contribution in [2.75, 3.05) is 20.1 Å². The van der Waals surface area contributed by atoms with Gasteiger partial charge in [0.2, 0.25) is 11.8 Å². The van der Waals surface area contributed by atoms with Gasteiger partial charge in [0.05, 0.1) is 13.1 Å². The van der Waals surface area contributed by atoms with E-state index >= 15 is 0 Å². The van der Waals surface area contributed by atoms with Gasteiger partial charge in [-0.25, -0.2) is 0 Å². The molecule has 0 atom stereocenters. The largest absolute Gasteiger partial charge is 0.358 e. The number of hydrogen-bond acceptors (Lipinski definition) is 5. The lowest BCUT2D eigenvalue weighted by atomic mass is 10.3. The molecule has 0 aliphatic rings. The minimum absolute atomic E-state index is 0.0151. The molecule has 7 heteroatoms. The third-order valence-corrected chi connectivity index (χ3v) is 4.73. The summed E-state index contributed by atoms with van der Waals surface area (Å²) in [5.41, 5.74) is 0. The second-order valence-corrected chi connectivity index (χ2v) is 6.82. The van der Waals surface area contributed by atoms with Crippen LogP contribution in [0.25, 0.3) is 0 Å². The number of nitrogens with zero attached hydrogens (tertiary/aromatic N) is 1. The second kappa shape index (κ2) is 8.67. The van der Waals surface area contributed by atoms with Crippen molar-refractivity contribution in [3.63, 3.8) is 0 Å². The molecule has 0 bridgehead atoms. The molecule has 0 saturated carbocycles. The van der Waals surface area contributed by atoms with E-state index in [0.717, 1.165) is 13.1 Å². The Morgan fingerprint density at radius 2 is 1.64 bits per heavy atom. The fraction of sp³-hybridized carbons (Fsp3) is 0.333. The number of hydrogen-bond donors (Lipinski definition) is 2. The Labute approximate surface area is 138 Å². The van der Waals surface area contributed by atoms with Crippen molar-refractivity contribution in [2.24, 2.45) is 0 Å². The quantitative estimate of drug-likeness (QED) is 0.770. The standard InChI is InChI=1S/C15H19N3O2S2/c1-16-14(19)8-17-15(20)11-18(9-12-4-2-6-21-12)10-13-5-3-7-22-13/h2-7H,8-11H2,1H3,(H,16,19)(H,17,20). The molecule has 0 saturated heterocycles. The lowest BCUT2D eigenvalue weighted by Crippen LogP contribution is -2.40. The summed E-state index contributed by atoms with van der Waals surface area (Å²) in [6.07, 6.45) is 0. The molecule has 2 aromatic rings. The maximum atomic E-state index is 12.0. The fourth-order valence-corrected chi connectivity index (χ4v) is 3.43. The number of thiophene rings is 2. The molecular formula is C15H19N3O2S2. The first kappa shape index (κ1) is 16.7. The molecule has 5 nitrogen and oxygen atoms in total. The minimum atomic E-state index is -0.198. The summed E-state index contributed by atoms with van der Waals surface area (Å²) in [7, 11) is 1.55. The zero-order valence-corrected chi connectivity index (χ0v) is 14.0. The van der Waals surface area contributed by atoms with Gasteiger partial charge in [-0.1, -0.05) is 12.1 Å². The van der Waals surface area contributed by atoms with Gasteiger partial charge in [-0.05, 0) is 22.9 Å². The molecule has 0 spiro atoms. The van der Waals surface area contributed by atoms with Gasteiger partial charge in [-0.3, -0.25) is 14.5 Å². The number of amides is 2. The van der Waals surface area contributed by atoms with E-state index in [4.69, 9.17) is 0 Å². The van der Waals surface area contributed by atoms with Gasteiger partial charge in [-0.15, -0.1) is 22.7 Å². The van der Waals surface area contributed by atoms with E-state index in [2.05, 4.69) is 27.7 Å². The molecule has 2 amide bonds. The first-order chi connectivity index (χ1) is 10.7. The zero-order valence-electron chi connectivity index (χ0n) is 12.4. The molecule has 0 aliphatic carbocycles. The summed E-state index contributed by atoms with van der Waals surface area (Å²) >= 11 is 3.36. The average Bonchev–Trinajstić information content (AvgIpc) is 3.18. The van der Waals surface area contributed by atoms with Crippen LogP contribution < -0.4 is 10.6 Å². The van der Waals surface area contributed by atoms with Crippen molar-refractivity contribution in [1.82, 2.24) is 15.5 Å². The predicted molar refractivity (Wildman–Crippen MR) is 89.8 cm³/mol. The van der Waals surface area contributed by atoms with Crippen molar-refractivity contribution in [3.05, 3.63) is 44.8 Å². The van der Waals surface area contributed by atoms with Crippen molar-refractivity contribution >= 4 is 34.5 Å². The Morgan fingerprint density at radius 1 is 1.05 bits per heavy atom. The summed E-state index contributed by atoms with van der Waals surface area (Å²) in [6.45, 7) is 1.74. The van der Waals surface area contributed by atoms with Crippen LogP contribution in [-0.2, 0) is 22.7 Å². The number of carbonyl (C=O) groups is 2. The molecule has 2 N–H and O–H groups in total. The molecule has 0 fully saturated rings. The SMILES string of the molecule is CNC(=O)CNC(=O)CN(Cc1cccs1)Cc1cccs1. The van der Waals surface area contributed by atoms with E-state index in [1.165, 1.54) is 9.75 Å². The normalized spacial score (nSPS) is 10.6. The molecular weight excluding hydrogens is 318 g/mol. The van der Waals surface area contributed by atoms with Crippen LogP contribution in [-0.4, -0.2) is 36.9 Å². The Kier molecular flexibility index (Phi) is 6.57. The van der Waals surface area contributed by atoms with E-state index in [9.17, 15) is 9.59 Å².